The zero-order chi connectivity index (χ0) is 14.5. The molecule has 0 atom stereocenters. The smallest absolute Gasteiger partial charge is 0.234 e. The van der Waals surface area contributed by atoms with E-state index in [2.05, 4.69) is 5.32 Å². The molecule has 0 aliphatic rings. The van der Waals surface area contributed by atoms with E-state index in [0.29, 0.717) is 5.69 Å². The van der Waals surface area contributed by atoms with Crippen LogP contribution in [0.4, 0.5) is 20.2 Å². The highest BCUT2D eigenvalue weighted by atomic mass is 32.2. The number of nitrogens with one attached hydrogen (secondary N) is 1. The minimum absolute atomic E-state index is 0.155. The van der Waals surface area contributed by atoms with Gasteiger partial charge >= 0.3 is 0 Å². The van der Waals surface area contributed by atoms with Gasteiger partial charge < -0.3 is 11.1 Å². The maximum absolute atomic E-state index is 13.0. The van der Waals surface area contributed by atoms with Crippen LogP contribution in [0, 0.1) is 11.6 Å². The highest BCUT2D eigenvalue weighted by Gasteiger charge is 2.07. The Morgan fingerprint density at radius 1 is 1.15 bits per heavy atom. The molecule has 3 N–H and O–H groups in total. The summed E-state index contributed by atoms with van der Waals surface area (Å²) in [7, 11) is 0. The molecule has 2 aromatic rings. The molecule has 6 heteroatoms. The van der Waals surface area contributed by atoms with Crippen LogP contribution in [-0.2, 0) is 4.79 Å². The molecule has 0 fully saturated rings. The molecule has 104 valence electrons. The number of halogens is 2. The fourth-order valence-corrected chi connectivity index (χ4v) is 2.29. The Kier molecular flexibility index (Phi) is 4.57. The fourth-order valence-electron chi connectivity index (χ4n) is 1.52. The van der Waals surface area contributed by atoms with Crippen molar-refractivity contribution in [2.24, 2.45) is 0 Å². The molecule has 0 aliphatic carbocycles. The van der Waals surface area contributed by atoms with E-state index >= 15 is 0 Å². The van der Waals surface area contributed by atoms with Crippen LogP contribution in [-0.4, -0.2) is 11.7 Å². The van der Waals surface area contributed by atoms with Gasteiger partial charge in [0.05, 0.1) is 5.75 Å². The molecule has 0 radical (unpaired) electrons. The lowest BCUT2D eigenvalue weighted by molar-refractivity contribution is -0.113. The lowest BCUT2D eigenvalue weighted by atomic mass is 10.3. The van der Waals surface area contributed by atoms with Crippen molar-refractivity contribution in [3.63, 3.8) is 0 Å². The Morgan fingerprint density at radius 3 is 2.65 bits per heavy atom. The second-order valence-corrected chi connectivity index (χ2v) is 5.09. The van der Waals surface area contributed by atoms with E-state index in [1.165, 1.54) is 17.8 Å². The number of nitrogen functional groups attached to an aromatic ring is 1. The molecular formula is C14H12F2N2OS. The van der Waals surface area contributed by atoms with Crippen molar-refractivity contribution in [2.45, 2.75) is 4.90 Å². The monoisotopic (exact) mass is 294 g/mol. The first-order chi connectivity index (χ1) is 9.54. The molecule has 0 spiro atoms. The van der Waals surface area contributed by atoms with Gasteiger partial charge in [-0.25, -0.2) is 8.78 Å². The summed E-state index contributed by atoms with van der Waals surface area (Å²) in [5.41, 5.74) is 6.47. The average Bonchev–Trinajstić information content (AvgIpc) is 2.41. The van der Waals surface area contributed by atoms with E-state index in [4.69, 9.17) is 5.73 Å². The Hall–Kier alpha value is -2.08. The van der Waals surface area contributed by atoms with Crippen LogP contribution in [0.5, 0.6) is 0 Å². The van der Waals surface area contributed by atoms with Gasteiger partial charge in [0.15, 0.2) is 11.6 Å². The summed E-state index contributed by atoms with van der Waals surface area (Å²) in [6, 6.07) is 10.4. The van der Waals surface area contributed by atoms with Gasteiger partial charge in [-0.2, -0.15) is 0 Å². The van der Waals surface area contributed by atoms with Crippen molar-refractivity contribution in [1.29, 1.82) is 0 Å². The lowest BCUT2D eigenvalue weighted by Crippen LogP contribution is -2.14. The number of amides is 1. The van der Waals surface area contributed by atoms with Gasteiger partial charge in [0.1, 0.15) is 0 Å². The molecule has 0 saturated carbocycles. The number of hydrogen-bond acceptors (Lipinski definition) is 3. The van der Waals surface area contributed by atoms with Gasteiger partial charge in [0, 0.05) is 22.3 Å². The fraction of sp³-hybridized carbons (Fsp3) is 0.0714. The normalized spacial score (nSPS) is 10.3. The summed E-state index contributed by atoms with van der Waals surface area (Å²) < 4.78 is 25.7. The largest absolute Gasteiger partial charge is 0.399 e. The summed E-state index contributed by atoms with van der Waals surface area (Å²) in [5.74, 6) is -2.09. The number of benzene rings is 2. The predicted octanol–water partition coefficient (Wildman–Crippen LogP) is 3.28. The predicted molar refractivity (Wildman–Crippen MR) is 76.6 cm³/mol. The molecule has 2 aromatic carbocycles. The number of carbonyl (C=O) groups excluding carboxylic acids is 1. The van der Waals surface area contributed by atoms with E-state index in [1.807, 2.05) is 6.07 Å². The van der Waals surface area contributed by atoms with Crippen LogP contribution in [0.25, 0.3) is 0 Å². The lowest BCUT2D eigenvalue weighted by Gasteiger charge is -2.06. The minimum atomic E-state index is -0.994. The Bertz CT molecular complexity index is 634. The second-order valence-electron chi connectivity index (χ2n) is 4.04. The number of thioether (sulfide) groups is 1. The molecule has 1 amide bonds. The zero-order valence-corrected chi connectivity index (χ0v) is 11.2. The third kappa shape index (κ3) is 3.96. The van der Waals surface area contributed by atoms with Crippen molar-refractivity contribution >= 4 is 29.0 Å². The molecular weight excluding hydrogens is 282 g/mol. The van der Waals surface area contributed by atoms with E-state index < -0.39 is 11.6 Å². The summed E-state index contributed by atoms with van der Waals surface area (Å²) >= 11 is 1.31. The standard InChI is InChI=1S/C14H12F2N2OS/c15-12-5-4-10(7-13(12)16)18-14(19)8-20-11-3-1-2-9(17)6-11/h1-7H,8,17H2,(H,18,19). The number of nitrogens with two attached hydrogens (primary N) is 1. The van der Waals surface area contributed by atoms with Gasteiger partial charge in [-0.1, -0.05) is 6.07 Å². The van der Waals surface area contributed by atoms with Crippen LogP contribution < -0.4 is 11.1 Å². The van der Waals surface area contributed by atoms with E-state index in [9.17, 15) is 13.6 Å². The number of anilines is 2. The first-order valence-corrected chi connectivity index (χ1v) is 6.76. The molecule has 0 unspecified atom stereocenters. The average molecular weight is 294 g/mol. The number of carbonyl (C=O) groups is 1. The third-order valence-corrected chi connectivity index (χ3v) is 3.43. The quantitative estimate of drug-likeness (QED) is 0.672. The van der Waals surface area contributed by atoms with Crippen molar-refractivity contribution in [3.8, 4) is 0 Å². The number of hydrogen-bond donors (Lipinski definition) is 2. The van der Waals surface area contributed by atoms with E-state index in [1.54, 1.807) is 18.2 Å². The first kappa shape index (κ1) is 14.3. The summed E-state index contributed by atoms with van der Waals surface area (Å²) in [4.78, 5) is 12.6. The molecule has 0 saturated heterocycles. The summed E-state index contributed by atoms with van der Waals surface area (Å²) in [6.45, 7) is 0. The molecule has 0 heterocycles. The number of rotatable bonds is 4. The van der Waals surface area contributed by atoms with E-state index in [-0.39, 0.29) is 17.3 Å². The Balaban J connectivity index is 1.91. The maximum Gasteiger partial charge on any atom is 0.234 e. The van der Waals surface area contributed by atoms with Crippen molar-refractivity contribution < 1.29 is 13.6 Å². The van der Waals surface area contributed by atoms with Gasteiger partial charge in [-0.05, 0) is 30.3 Å². The Labute approximate surface area is 119 Å². The van der Waals surface area contributed by atoms with Gasteiger partial charge in [-0.3, -0.25) is 4.79 Å². The molecule has 0 aliphatic heterocycles. The van der Waals surface area contributed by atoms with Crippen LogP contribution in [0.15, 0.2) is 47.4 Å². The van der Waals surface area contributed by atoms with Crippen molar-refractivity contribution in [2.75, 3.05) is 16.8 Å². The van der Waals surface area contributed by atoms with Crippen LogP contribution >= 0.6 is 11.8 Å². The molecule has 0 bridgehead atoms. The molecule has 2 rings (SSSR count). The molecule has 3 nitrogen and oxygen atoms in total. The highest BCUT2D eigenvalue weighted by Crippen LogP contribution is 2.20. The second kappa shape index (κ2) is 6.38. The SMILES string of the molecule is Nc1cccc(SCC(=O)Nc2ccc(F)c(F)c2)c1. The highest BCUT2D eigenvalue weighted by molar-refractivity contribution is 8.00. The maximum atomic E-state index is 13.0. The summed E-state index contributed by atoms with van der Waals surface area (Å²) in [5, 5.41) is 2.50. The van der Waals surface area contributed by atoms with Gasteiger partial charge in [-0.15, -0.1) is 11.8 Å². The van der Waals surface area contributed by atoms with Crippen molar-refractivity contribution in [3.05, 3.63) is 54.1 Å². The zero-order valence-electron chi connectivity index (χ0n) is 10.4. The van der Waals surface area contributed by atoms with E-state index in [0.717, 1.165) is 17.0 Å². The minimum Gasteiger partial charge on any atom is -0.399 e. The topological polar surface area (TPSA) is 55.1 Å². The van der Waals surface area contributed by atoms with Crippen molar-refractivity contribution in [1.82, 2.24) is 0 Å². The van der Waals surface area contributed by atoms with Crippen LogP contribution in [0.2, 0.25) is 0 Å². The molecule has 20 heavy (non-hydrogen) atoms. The molecule has 0 aromatic heterocycles. The summed E-state index contributed by atoms with van der Waals surface area (Å²) in [6.07, 6.45) is 0. The van der Waals surface area contributed by atoms with Gasteiger partial charge in [0.2, 0.25) is 5.91 Å². The van der Waals surface area contributed by atoms with Crippen LogP contribution in [0.1, 0.15) is 0 Å². The van der Waals surface area contributed by atoms with Crippen LogP contribution in [0.3, 0.4) is 0 Å². The Morgan fingerprint density at radius 2 is 1.95 bits per heavy atom. The van der Waals surface area contributed by atoms with Gasteiger partial charge in [0.25, 0.3) is 0 Å². The first-order valence-electron chi connectivity index (χ1n) is 5.78. The third-order valence-electron chi connectivity index (χ3n) is 2.43.